The van der Waals surface area contributed by atoms with Gasteiger partial charge in [-0.3, -0.25) is 9.00 Å². The van der Waals surface area contributed by atoms with E-state index in [1.807, 2.05) is 24.3 Å². The number of Topliss-reactive ketones (excluding diaryl/α,β-unsaturated/α-hetero) is 1. The highest BCUT2D eigenvalue weighted by atomic mass is 32.2. The molecule has 1 unspecified atom stereocenters. The molecule has 1 aromatic heterocycles. The molecule has 0 saturated heterocycles. The first kappa shape index (κ1) is 14.0. The van der Waals surface area contributed by atoms with Gasteiger partial charge in [-0.05, 0) is 12.5 Å². The molecule has 0 radical (unpaired) electrons. The van der Waals surface area contributed by atoms with E-state index < -0.39 is 10.8 Å². The Balaban J connectivity index is 2.02. The highest BCUT2D eigenvalue weighted by Crippen LogP contribution is 2.21. The molecule has 0 spiro atoms. The van der Waals surface area contributed by atoms with Crippen LogP contribution in [0.4, 0.5) is 0 Å². The standard InChI is InChI=1S/C14H16O4S/c1-17-7-4-8-19(16)10-13(15)12-9-18-14-6-3-2-5-11(12)14/h2-3,5-6,9H,4,7-8,10H2,1H3. The molecule has 5 heteroatoms. The van der Waals surface area contributed by atoms with Gasteiger partial charge in [-0.15, -0.1) is 0 Å². The Morgan fingerprint density at radius 2 is 2.16 bits per heavy atom. The normalized spacial score (nSPS) is 12.7. The second-order valence-electron chi connectivity index (χ2n) is 4.20. The fraction of sp³-hybridized carbons (Fsp3) is 0.357. The number of para-hydroxylation sites is 1. The van der Waals surface area contributed by atoms with Gasteiger partial charge in [0, 0.05) is 35.7 Å². The van der Waals surface area contributed by atoms with Crippen molar-refractivity contribution in [1.29, 1.82) is 0 Å². The van der Waals surface area contributed by atoms with Gasteiger partial charge in [-0.25, -0.2) is 0 Å². The van der Waals surface area contributed by atoms with Gasteiger partial charge in [0.15, 0.2) is 5.78 Å². The lowest BCUT2D eigenvalue weighted by Crippen LogP contribution is -2.13. The first-order valence-corrected chi connectivity index (χ1v) is 7.54. The summed E-state index contributed by atoms with van der Waals surface area (Å²) in [5.41, 5.74) is 1.19. The van der Waals surface area contributed by atoms with Crippen LogP contribution in [0.25, 0.3) is 11.0 Å². The lowest BCUT2D eigenvalue weighted by atomic mass is 10.1. The van der Waals surface area contributed by atoms with E-state index in [0.717, 1.165) is 5.39 Å². The van der Waals surface area contributed by atoms with Crippen molar-refractivity contribution >= 4 is 27.6 Å². The highest BCUT2D eigenvalue weighted by molar-refractivity contribution is 7.85. The maximum atomic E-state index is 12.1. The van der Waals surface area contributed by atoms with Gasteiger partial charge in [-0.1, -0.05) is 18.2 Å². The summed E-state index contributed by atoms with van der Waals surface area (Å²) in [6.07, 6.45) is 2.14. The average Bonchev–Trinajstić information content (AvgIpc) is 2.83. The molecule has 102 valence electrons. The zero-order valence-corrected chi connectivity index (χ0v) is 11.6. The first-order chi connectivity index (χ1) is 9.22. The smallest absolute Gasteiger partial charge is 0.179 e. The third kappa shape index (κ3) is 3.52. The van der Waals surface area contributed by atoms with Crippen LogP contribution < -0.4 is 0 Å². The van der Waals surface area contributed by atoms with E-state index in [1.165, 1.54) is 6.26 Å². The SMILES string of the molecule is COCCCS(=O)CC(=O)c1coc2ccccc12. The Labute approximate surface area is 114 Å². The van der Waals surface area contributed by atoms with Crippen molar-refractivity contribution in [2.45, 2.75) is 6.42 Å². The Morgan fingerprint density at radius 3 is 2.95 bits per heavy atom. The second-order valence-corrected chi connectivity index (χ2v) is 5.78. The topological polar surface area (TPSA) is 56.5 Å². The minimum Gasteiger partial charge on any atom is -0.464 e. The summed E-state index contributed by atoms with van der Waals surface area (Å²) in [6.45, 7) is 0.564. The van der Waals surface area contributed by atoms with Crippen molar-refractivity contribution in [3.8, 4) is 0 Å². The molecule has 0 saturated carbocycles. The van der Waals surface area contributed by atoms with Crippen molar-refractivity contribution in [2.24, 2.45) is 0 Å². The summed E-state index contributed by atoms with van der Waals surface area (Å²) in [6, 6.07) is 7.34. The van der Waals surface area contributed by atoms with Gasteiger partial charge < -0.3 is 9.15 Å². The number of carbonyl (C=O) groups is 1. The van der Waals surface area contributed by atoms with Gasteiger partial charge in [0.1, 0.15) is 11.8 Å². The maximum absolute atomic E-state index is 12.1. The maximum Gasteiger partial charge on any atom is 0.179 e. The number of benzene rings is 1. The lowest BCUT2D eigenvalue weighted by Gasteiger charge is -2.01. The average molecular weight is 280 g/mol. The van der Waals surface area contributed by atoms with Crippen LogP contribution in [-0.4, -0.2) is 35.2 Å². The molecule has 2 rings (SSSR count). The molecule has 0 aliphatic carbocycles. The fourth-order valence-corrected chi connectivity index (χ4v) is 2.89. The molecule has 0 aliphatic rings. The van der Waals surface area contributed by atoms with E-state index in [0.29, 0.717) is 29.9 Å². The Bertz CT molecular complexity index is 588. The van der Waals surface area contributed by atoms with E-state index in [4.69, 9.17) is 9.15 Å². The molecule has 0 amide bonds. The van der Waals surface area contributed by atoms with Gasteiger partial charge in [0.25, 0.3) is 0 Å². The minimum absolute atomic E-state index is 0.0350. The van der Waals surface area contributed by atoms with E-state index in [2.05, 4.69) is 0 Å². The van der Waals surface area contributed by atoms with Crippen LogP contribution in [0, 0.1) is 0 Å². The van der Waals surface area contributed by atoms with Crippen molar-refractivity contribution in [3.63, 3.8) is 0 Å². The Kier molecular flexibility index (Phi) is 4.87. The molecule has 0 N–H and O–H groups in total. The number of carbonyl (C=O) groups excluding carboxylic acids is 1. The van der Waals surface area contributed by atoms with Crippen LogP contribution in [0.5, 0.6) is 0 Å². The third-order valence-electron chi connectivity index (χ3n) is 2.79. The van der Waals surface area contributed by atoms with E-state index in [-0.39, 0.29) is 11.5 Å². The Hall–Kier alpha value is -1.46. The highest BCUT2D eigenvalue weighted by Gasteiger charge is 2.15. The summed E-state index contributed by atoms with van der Waals surface area (Å²) >= 11 is 0. The number of methoxy groups -OCH3 is 1. The molecule has 1 atom stereocenters. The lowest BCUT2D eigenvalue weighted by molar-refractivity contribution is 0.102. The molecular formula is C14H16O4S. The zero-order chi connectivity index (χ0) is 13.7. The number of furan rings is 1. The zero-order valence-electron chi connectivity index (χ0n) is 10.8. The minimum atomic E-state index is -1.15. The summed E-state index contributed by atoms with van der Waals surface area (Å²) in [5.74, 6) is 0.378. The fourth-order valence-electron chi connectivity index (χ4n) is 1.85. The number of hydrogen-bond acceptors (Lipinski definition) is 4. The molecular weight excluding hydrogens is 264 g/mol. The number of ketones is 1. The predicted octanol–water partition coefficient (Wildman–Crippen LogP) is 2.40. The molecule has 1 aromatic carbocycles. The largest absolute Gasteiger partial charge is 0.464 e. The van der Waals surface area contributed by atoms with Crippen LogP contribution in [0.1, 0.15) is 16.8 Å². The predicted molar refractivity (Wildman–Crippen MR) is 74.9 cm³/mol. The molecule has 0 bridgehead atoms. The van der Waals surface area contributed by atoms with Crippen molar-refractivity contribution in [2.75, 3.05) is 25.2 Å². The monoisotopic (exact) mass is 280 g/mol. The number of ether oxygens (including phenoxy) is 1. The van der Waals surface area contributed by atoms with Crippen LogP contribution in [0.3, 0.4) is 0 Å². The number of fused-ring (bicyclic) bond motifs is 1. The summed E-state index contributed by atoms with van der Waals surface area (Å²) in [5, 5.41) is 0.779. The van der Waals surface area contributed by atoms with Crippen molar-refractivity contribution < 1.29 is 18.2 Å². The van der Waals surface area contributed by atoms with Crippen molar-refractivity contribution in [3.05, 3.63) is 36.1 Å². The molecule has 2 aromatic rings. The first-order valence-electron chi connectivity index (χ1n) is 6.05. The van der Waals surface area contributed by atoms with Gasteiger partial charge in [-0.2, -0.15) is 0 Å². The van der Waals surface area contributed by atoms with Gasteiger partial charge >= 0.3 is 0 Å². The van der Waals surface area contributed by atoms with E-state index in [9.17, 15) is 9.00 Å². The van der Waals surface area contributed by atoms with Crippen LogP contribution in [0.2, 0.25) is 0 Å². The molecule has 4 nitrogen and oxygen atoms in total. The summed E-state index contributed by atoms with van der Waals surface area (Å²) in [7, 11) is 0.453. The van der Waals surface area contributed by atoms with Crippen LogP contribution in [-0.2, 0) is 15.5 Å². The molecule has 1 heterocycles. The van der Waals surface area contributed by atoms with Gasteiger partial charge in [0.05, 0.1) is 11.3 Å². The molecule has 0 fully saturated rings. The molecule has 0 aliphatic heterocycles. The Morgan fingerprint density at radius 1 is 1.37 bits per heavy atom. The number of rotatable bonds is 7. The van der Waals surface area contributed by atoms with Gasteiger partial charge in [0.2, 0.25) is 0 Å². The van der Waals surface area contributed by atoms with Crippen molar-refractivity contribution in [1.82, 2.24) is 0 Å². The van der Waals surface area contributed by atoms with Crippen LogP contribution >= 0.6 is 0 Å². The van der Waals surface area contributed by atoms with E-state index in [1.54, 1.807) is 7.11 Å². The molecule has 19 heavy (non-hydrogen) atoms. The second kappa shape index (κ2) is 6.63. The number of hydrogen-bond donors (Lipinski definition) is 0. The van der Waals surface area contributed by atoms with E-state index >= 15 is 0 Å². The van der Waals surface area contributed by atoms with Crippen LogP contribution in [0.15, 0.2) is 34.9 Å². The third-order valence-corrected chi connectivity index (χ3v) is 4.12. The summed E-state index contributed by atoms with van der Waals surface area (Å²) in [4.78, 5) is 12.1. The summed E-state index contributed by atoms with van der Waals surface area (Å²) < 4.78 is 22.0. The quantitative estimate of drug-likeness (QED) is 0.577.